The lowest BCUT2D eigenvalue weighted by Crippen LogP contribution is -2.71. The highest BCUT2D eigenvalue weighted by Gasteiger charge is 2.55. The molecular formula is C21H25N6O5S2+. The van der Waals surface area contributed by atoms with Gasteiger partial charge in [0.1, 0.15) is 29.4 Å². The lowest BCUT2D eigenvalue weighted by atomic mass is 10.0. The summed E-state index contributed by atoms with van der Waals surface area (Å²) in [5, 5.41) is 17.6. The summed E-state index contributed by atoms with van der Waals surface area (Å²) in [6.07, 6.45) is 7.38. The minimum atomic E-state index is -1.13. The number of nitrogens with zero attached hydrogens (tertiary/aromatic N) is 4. The van der Waals surface area contributed by atoms with E-state index in [1.54, 1.807) is 0 Å². The summed E-state index contributed by atoms with van der Waals surface area (Å²) >= 11 is 2.56. The average Bonchev–Trinajstić information content (AvgIpc) is 3.42. The van der Waals surface area contributed by atoms with Gasteiger partial charge in [-0.05, 0) is 0 Å². The third-order valence-electron chi connectivity index (χ3n) is 6.04. The normalized spacial score (nSPS) is 23.7. The number of amides is 2. The fourth-order valence-corrected chi connectivity index (χ4v) is 6.35. The van der Waals surface area contributed by atoms with Crippen LogP contribution in [0, 0.1) is 12.3 Å². The van der Waals surface area contributed by atoms with Crippen molar-refractivity contribution in [1.29, 1.82) is 0 Å². The van der Waals surface area contributed by atoms with Crippen LogP contribution in [0.1, 0.15) is 18.5 Å². The van der Waals surface area contributed by atoms with Crippen molar-refractivity contribution in [2.45, 2.75) is 24.3 Å². The van der Waals surface area contributed by atoms with E-state index in [0.717, 1.165) is 47.3 Å². The van der Waals surface area contributed by atoms with E-state index in [-0.39, 0.29) is 28.8 Å². The molecule has 11 nitrogen and oxygen atoms in total. The molecule has 2 fully saturated rings. The van der Waals surface area contributed by atoms with Crippen LogP contribution in [-0.2, 0) is 19.2 Å². The Kier molecular flexibility index (Phi) is 6.83. The lowest BCUT2D eigenvalue weighted by molar-refractivity contribution is -0.893. The van der Waals surface area contributed by atoms with Gasteiger partial charge in [0, 0.05) is 29.5 Å². The van der Waals surface area contributed by atoms with Gasteiger partial charge in [0.25, 0.3) is 11.8 Å². The van der Waals surface area contributed by atoms with E-state index >= 15 is 0 Å². The number of quaternary nitrogens is 1. The van der Waals surface area contributed by atoms with Crippen molar-refractivity contribution in [3.8, 4) is 12.3 Å². The maximum atomic E-state index is 13.0. The van der Waals surface area contributed by atoms with Gasteiger partial charge < -0.3 is 25.5 Å². The lowest BCUT2D eigenvalue weighted by Gasteiger charge is -2.49. The highest BCUT2D eigenvalue weighted by Crippen LogP contribution is 2.41. The number of likely N-dealkylation sites (tertiary alicyclic amines) is 1. The number of hydrogen-bond acceptors (Lipinski definition) is 9. The van der Waals surface area contributed by atoms with Gasteiger partial charge in [-0.2, -0.15) is 0 Å². The smallest absolute Gasteiger partial charge is 0.352 e. The van der Waals surface area contributed by atoms with Crippen LogP contribution in [0.15, 0.2) is 21.8 Å². The molecule has 4 heterocycles. The number of β-lactam (4-membered cyclic amide) rings is 1. The summed E-state index contributed by atoms with van der Waals surface area (Å²) in [5.41, 5.74) is 6.46. The molecule has 4 rings (SSSR count). The number of aromatic nitrogens is 1. The van der Waals surface area contributed by atoms with Gasteiger partial charge in [-0.3, -0.25) is 14.5 Å². The third kappa shape index (κ3) is 4.61. The van der Waals surface area contributed by atoms with Crippen LogP contribution in [0.5, 0.6) is 0 Å². The van der Waals surface area contributed by atoms with Crippen molar-refractivity contribution in [1.82, 2.24) is 15.2 Å². The quantitative estimate of drug-likeness (QED) is 0.112. The van der Waals surface area contributed by atoms with Gasteiger partial charge in [-0.1, -0.05) is 11.1 Å². The van der Waals surface area contributed by atoms with Crippen LogP contribution >= 0.6 is 23.1 Å². The molecule has 4 N–H and O–H groups in total. The van der Waals surface area contributed by atoms with Gasteiger partial charge >= 0.3 is 5.97 Å². The van der Waals surface area contributed by atoms with Gasteiger partial charge in [-0.15, -0.1) is 29.5 Å². The molecular weight excluding hydrogens is 480 g/mol. The summed E-state index contributed by atoms with van der Waals surface area (Å²) in [7, 11) is 2.12. The minimum absolute atomic E-state index is 0.0315. The number of anilines is 1. The largest absolute Gasteiger partial charge is 0.477 e. The van der Waals surface area contributed by atoms with E-state index in [1.165, 1.54) is 22.0 Å². The molecule has 180 valence electrons. The SMILES string of the molecule is C#CCO/N=C(\C(=O)NC1C(=O)N2C(C(=O)O)=C(C[N+]3(C)CCCC3)CS[C@H]12)c1csc(N)n1. The standard InChI is InChI=1S/C21H24N6O5S2/c1-3-8-32-25-14(13-11-34-21(22)23-13)17(28)24-15-18(29)26-16(20(30)31)12(10-33-19(15)26)9-27(2)6-4-5-7-27/h1,11,15,19H,4-10H2,2H3,(H3-,22,23,24,28,30,31)/p+1/b25-14-/t15?,19-/m1/s1. The van der Waals surface area contributed by atoms with Crippen LogP contribution in [0.4, 0.5) is 5.13 Å². The zero-order valence-corrected chi connectivity index (χ0v) is 20.2. The number of carboxylic acid groups (broad SMARTS) is 1. The second-order valence-electron chi connectivity index (χ2n) is 8.54. The fourth-order valence-electron chi connectivity index (χ4n) is 4.47. The molecule has 2 atom stereocenters. The van der Waals surface area contributed by atoms with E-state index in [1.807, 2.05) is 0 Å². The number of thioether (sulfide) groups is 1. The first-order valence-electron chi connectivity index (χ1n) is 10.6. The van der Waals surface area contributed by atoms with E-state index < -0.39 is 29.2 Å². The molecule has 1 aromatic heterocycles. The van der Waals surface area contributed by atoms with Crippen molar-refractivity contribution in [3.05, 3.63) is 22.3 Å². The van der Waals surface area contributed by atoms with Gasteiger partial charge in [-0.25, -0.2) is 9.78 Å². The van der Waals surface area contributed by atoms with Crippen LogP contribution in [0.3, 0.4) is 0 Å². The monoisotopic (exact) mass is 505 g/mol. The number of fused-ring (bicyclic) bond motifs is 1. The van der Waals surface area contributed by atoms with Crippen molar-refractivity contribution >= 4 is 51.7 Å². The second kappa shape index (κ2) is 9.65. The van der Waals surface area contributed by atoms with E-state index in [2.05, 4.69) is 28.4 Å². The number of carbonyl (C=O) groups excluding carboxylic acids is 2. The predicted molar refractivity (Wildman–Crippen MR) is 128 cm³/mol. The minimum Gasteiger partial charge on any atom is -0.477 e. The Morgan fingerprint density at radius 3 is 2.82 bits per heavy atom. The van der Waals surface area contributed by atoms with Crippen LogP contribution in [-0.4, -0.2) is 93.4 Å². The number of nitrogen functional groups attached to an aromatic ring is 1. The zero-order valence-electron chi connectivity index (χ0n) is 18.5. The molecule has 0 radical (unpaired) electrons. The van der Waals surface area contributed by atoms with Crippen LogP contribution < -0.4 is 11.1 Å². The summed E-state index contributed by atoms with van der Waals surface area (Å²) in [6, 6.07) is -0.904. The first-order chi connectivity index (χ1) is 16.2. The molecule has 0 aliphatic carbocycles. The molecule has 1 unspecified atom stereocenters. The maximum Gasteiger partial charge on any atom is 0.352 e. The molecule has 3 aliphatic heterocycles. The van der Waals surface area contributed by atoms with Gasteiger partial charge in [0.2, 0.25) is 0 Å². The number of nitrogens with two attached hydrogens (primary N) is 1. The number of likely N-dealkylation sites (N-methyl/N-ethyl adjacent to an activating group) is 1. The fraction of sp³-hybridized carbons (Fsp3) is 0.476. The summed E-state index contributed by atoms with van der Waals surface area (Å²) in [6.45, 7) is 2.42. The molecule has 0 bridgehead atoms. The number of thiazole rings is 1. The molecule has 2 amide bonds. The Morgan fingerprint density at radius 2 is 2.21 bits per heavy atom. The number of carboxylic acids is 1. The van der Waals surface area contributed by atoms with E-state index in [4.69, 9.17) is 17.0 Å². The Bertz CT molecular complexity index is 1120. The molecule has 2 saturated heterocycles. The number of terminal acetylenes is 1. The first kappa shape index (κ1) is 24.1. The van der Waals surface area contributed by atoms with Gasteiger partial charge in [0.05, 0.1) is 20.1 Å². The number of carbonyl (C=O) groups is 3. The number of oxime groups is 1. The molecule has 13 heteroatoms. The Hall–Kier alpha value is -3.08. The predicted octanol–water partition coefficient (Wildman–Crippen LogP) is 0.0582. The summed E-state index contributed by atoms with van der Waals surface area (Å²) in [5.74, 6) is 0.417. The third-order valence-corrected chi connectivity index (χ3v) is 8.05. The Labute approximate surface area is 204 Å². The molecule has 34 heavy (non-hydrogen) atoms. The second-order valence-corrected chi connectivity index (χ2v) is 10.5. The Balaban J connectivity index is 1.52. The average molecular weight is 506 g/mol. The molecule has 3 aliphatic rings. The van der Waals surface area contributed by atoms with Crippen LogP contribution in [0.2, 0.25) is 0 Å². The van der Waals surface area contributed by atoms with E-state index in [0.29, 0.717) is 12.3 Å². The summed E-state index contributed by atoms with van der Waals surface area (Å²) in [4.78, 5) is 48.4. The molecule has 0 spiro atoms. The van der Waals surface area contributed by atoms with Crippen molar-refractivity contribution in [2.24, 2.45) is 5.16 Å². The summed E-state index contributed by atoms with van der Waals surface area (Å²) < 4.78 is 0.772. The van der Waals surface area contributed by atoms with Crippen molar-refractivity contribution in [3.63, 3.8) is 0 Å². The van der Waals surface area contributed by atoms with Crippen molar-refractivity contribution < 1.29 is 28.8 Å². The first-order valence-corrected chi connectivity index (χ1v) is 12.6. The van der Waals surface area contributed by atoms with Crippen molar-refractivity contribution in [2.75, 3.05) is 44.8 Å². The number of nitrogens with one attached hydrogen (secondary N) is 1. The maximum absolute atomic E-state index is 13.0. The topological polar surface area (TPSA) is 147 Å². The highest BCUT2D eigenvalue weighted by atomic mass is 32.2. The Morgan fingerprint density at radius 1 is 1.47 bits per heavy atom. The molecule has 1 aromatic rings. The van der Waals surface area contributed by atoms with Gasteiger partial charge in [0.15, 0.2) is 17.5 Å². The van der Waals surface area contributed by atoms with E-state index in [9.17, 15) is 19.5 Å². The molecule has 0 aromatic carbocycles. The zero-order chi connectivity index (χ0) is 24.5. The number of hydrogen-bond donors (Lipinski definition) is 3. The highest BCUT2D eigenvalue weighted by molar-refractivity contribution is 8.00. The molecule has 0 saturated carbocycles. The number of rotatable bonds is 8. The number of aliphatic carboxylic acids is 1. The van der Waals surface area contributed by atoms with Crippen LogP contribution in [0.25, 0.3) is 0 Å².